The molecule has 0 bridgehead atoms. The minimum Gasteiger partial charge on any atom is -0.331 e. The molecule has 0 fully saturated rings. The number of rotatable bonds is 4. The van der Waals surface area contributed by atoms with Crippen LogP contribution in [0.15, 0.2) is 53.1 Å². The van der Waals surface area contributed by atoms with E-state index in [4.69, 9.17) is 0 Å². The molecule has 2 heterocycles. The number of aromatic nitrogens is 1. The van der Waals surface area contributed by atoms with Crippen molar-refractivity contribution in [1.82, 2.24) is 9.88 Å². The fraction of sp³-hybridized carbons (Fsp3) is 0.278. The molecule has 1 atom stereocenters. The summed E-state index contributed by atoms with van der Waals surface area (Å²) >= 11 is 1.40. The van der Waals surface area contributed by atoms with Gasteiger partial charge in [0, 0.05) is 18.1 Å². The lowest BCUT2D eigenvalue weighted by Crippen LogP contribution is -2.43. The Morgan fingerprint density at radius 3 is 2.96 bits per heavy atom. The summed E-state index contributed by atoms with van der Waals surface area (Å²) in [7, 11) is 0. The van der Waals surface area contributed by atoms with Crippen molar-refractivity contribution in [2.45, 2.75) is 26.3 Å². The Bertz CT molecular complexity index is 720. The summed E-state index contributed by atoms with van der Waals surface area (Å²) in [6, 6.07) is 1.92. The van der Waals surface area contributed by atoms with E-state index in [0.29, 0.717) is 11.6 Å². The van der Waals surface area contributed by atoms with E-state index in [-0.39, 0.29) is 17.5 Å². The summed E-state index contributed by atoms with van der Waals surface area (Å²) in [5.41, 5.74) is 2.35. The van der Waals surface area contributed by atoms with E-state index < -0.39 is 0 Å². The largest absolute Gasteiger partial charge is 0.331 e. The second-order valence-corrected chi connectivity index (χ2v) is 6.08. The Kier molecular flexibility index (Phi) is 5.67. The quantitative estimate of drug-likeness (QED) is 0.626. The highest BCUT2D eigenvalue weighted by Crippen LogP contribution is 2.27. The van der Waals surface area contributed by atoms with Crippen LogP contribution in [0.1, 0.15) is 25.3 Å². The van der Waals surface area contributed by atoms with Gasteiger partial charge in [0.1, 0.15) is 16.6 Å². The van der Waals surface area contributed by atoms with E-state index in [9.17, 15) is 10.1 Å². The molecule has 2 rings (SSSR count). The van der Waals surface area contributed by atoms with Crippen molar-refractivity contribution in [3.05, 3.63) is 58.1 Å². The molecule has 1 aromatic heterocycles. The monoisotopic (exact) mass is 325 g/mol. The third-order valence-electron chi connectivity index (χ3n) is 3.83. The molecule has 0 aromatic carbocycles. The van der Waals surface area contributed by atoms with Crippen LogP contribution >= 0.6 is 11.3 Å². The van der Waals surface area contributed by atoms with Gasteiger partial charge in [-0.2, -0.15) is 5.26 Å². The minimum absolute atomic E-state index is 0.0894. The summed E-state index contributed by atoms with van der Waals surface area (Å²) in [6.07, 6.45) is 9.78. The average Bonchev–Trinajstić information content (AvgIpc) is 3.07. The van der Waals surface area contributed by atoms with E-state index in [1.54, 1.807) is 17.2 Å². The predicted octanol–water partition coefficient (Wildman–Crippen LogP) is 3.73. The van der Waals surface area contributed by atoms with Gasteiger partial charge in [0.25, 0.3) is 5.91 Å². The Hall–Kier alpha value is -2.45. The first-order valence-electron chi connectivity index (χ1n) is 7.42. The lowest BCUT2D eigenvalue weighted by atomic mass is 9.92. The van der Waals surface area contributed by atoms with Crippen LogP contribution in [0.4, 0.5) is 0 Å². The molecule has 1 unspecified atom stereocenters. The first-order chi connectivity index (χ1) is 11.1. The second kappa shape index (κ2) is 7.70. The first kappa shape index (κ1) is 16.9. The van der Waals surface area contributed by atoms with E-state index in [2.05, 4.69) is 11.6 Å². The van der Waals surface area contributed by atoms with E-state index in [0.717, 1.165) is 17.6 Å². The topological polar surface area (TPSA) is 57.0 Å². The molecular weight excluding hydrogens is 306 g/mol. The number of hydrogen-bond acceptors (Lipinski definition) is 4. The van der Waals surface area contributed by atoms with Crippen molar-refractivity contribution in [1.29, 1.82) is 5.26 Å². The van der Waals surface area contributed by atoms with Crippen molar-refractivity contribution in [3.63, 3.8) is 0 Å². The Balaban J connectivity index is 2.31. The maximum Gasteiger partial charge on any atom is 0.265 e. The van der Waals surface area contributed by atoms with Gasteiger partial charge in [-0.1, -0.05) is 24.8 Å². The zero-order valence-corrected chi connectivity index (χ0v) is 14.1. The number of carbonyl (C=O) groups is 1. The molecule has 0 spiro atoms. The van der Waals surface area contributed by atoms with Gasteiger partial charge in [0.15, 0.2) is 0 Å². The smallest absolute Gasteiger partial charge is 0.265 e. The van der Waals surface area contributed by atoms with Crippen molar-refractivity contribution in [2.24, 2.45) is 0 Å². The van der Waals surface area contributed by atoms with Crippen LogP contribution < -0.4 is 0 Å². The molecule has 0 aliphatic carbocycles. The number of amides is 1. The minimum atomic E-state index is -0.250. The Labute approximate surface area is 140 Å². The highest BCUT2D eigenvalue weighted by molar-refractivity contribution is 7.10. The molecular formula is C18H19N3OS. The number of nitriles is 1. The fourth-order valence-corrected chi connectivity index (χ4v) is 3.23. The predicted molar refractivity (Wildman–Crippen MR) is 93.5 cm³/mol. The van der Waals surface area contributed by atoms with E-state index >= 15 is 0 Å². The van der Waals surface area contributed by atoms with Crippen molar-refractivity contribution in [2.75, 3.05) is 6.54 Å². The molecule has 118 valence electrons. The SMILES string of the molecule is C=CC1=C(/C=C\C)C(C)N(C(=O)/C(C#N)=C/c2nccs2)CC1. The molecule has 0 N–H and O–H groups in total. The van der Waals surface area contributed by atoms with Crippen molar-refractivity contribution >= 4 is 23.3 Å². The van der Waals surface area contributed by atoms with Gasteiger partial charge in [-0.05, 0) is 37.5 Å². The van der Waals surface area contributed by atoms with E-state index in [1.165, 1.54) is 11.3 Å². The van der Waals surface area contributed by atoms with Crippen LogP contribution in [0, 0.1) is 11.3 Å². The average molecular weight is 325 g/mol. The molecule has 0 saturated heterocycles. The van der Waals surface area contributed by atoms with Gasteiger partial charge in [-0.3, -0.25) is 4.79 Å². The van der Waals surface area contributed by atoms with Crippen LogP contribution in [-0.4, -0.2) is 28.4 Å². The number of carbonyl (C=O) groups excluding carboxylic acids is 1. The molecule has 1 aliphatic rings. The molecule has 1 aliphatic heterocycles. The van der Waals surface area contributed by atoms with Crippen LogP contribution in [0.3, 0.4) is 0 Å². The number of hydrogen-bond donors (Lipinski definition) is 0. The van der Waals surface area contributed by atoms with Gasteiger partial charge < -0.3 is 4.90 Å². The summed E-state index contributed by atoms with van der Waals surface area (Å²) in [5.74, 6) is -0.250. The zero-order valence-electron chi connectivity index (χ0n) is 13.3. The highest BCUT2D eigenvalue weighted by atomic mass is 32.1. The standard InChI is InChI=1S/C18H19N3OS/c1-4-6-16-13(3)21(9-7-14(16)5-2)18(22)15(12-19)11-17-20-8-10-23-17/h4-6,8,10-11,13H,2,7,9H2,1,3H3/b6-4-,15-11+. The Morgan fingerprint density at radius 2 is 2.39 bits per heavy atom. The van der Waals surface area contributed by atoms with Crippen LogP contribution in [0.25, 0.3) is 6.08 Å². The third-order valence-corrected chi connectivity index (χ3v) is 4.56. The number of thiazole rings is 1. The van der Waals surface area contributed by atoms with Crippen molar-refractivity contribution in [3.8, 4) is 6.07 Å². The highest BCUT2D eigenvalue weighted by Gasteiger charge is 2.29. The van der Waals surface area contributed by atoms with Gasteiger partial charge in [0.2, 0.25) is 0 Å². The lowest BCUT2D eigenvalue weighted by Gasteiger charge is -2.35. The van der Waals surface area contributed by atoms with Crippen LogP contribution in [0.5, 0.6) is 0 Å². The van der Waals surface area contributed by atoms with Crippen LogP contribution in [0.2, 0.25) is 0 Å². The van der Waals surface area contributed by atoms with Crippen molar-refractivity contribution < 1.29 is 4.79 Å². The van der Waals surface area contributed by atoms with Crippen LogP contribution in [-0.2, 0) is 4.79 Å². The Morgan fingerprint density at radius 1 is 1.61 bits per heavy atom. The molecule has 0 saturated carbocycles. The molecule has 5 heteroatoms. The number of nitrogens with zero attached hydrogens (tertiary/aromatic N) is 3. The lowest BCUT2D eigenvalue weighted by molar-refractivity contribution is -0.128. The van der Waals surface area contributed by atoms with Gasteiger partial charge >= 0.3 is 0 Å². The normalized spacial score (nSPS) is 19.1. The maximum absolute atomic E-state index is 12.8. The maximum atomic E-state index is 12.8. The third kappa shape index (κ3) is 3.66. The first-order valence-corrected chi connectivity index (χ1v) is 8.30. The van der Waals surface area contributed by atoms with E-state index in [1.807, 2.05) is 43.5 Å². The molecule has 4 nitrogen and oxygen atoms in total. The molecule has 23 heavy (non-hydrogen) atoms. The van der Waals surface area contributed by atoms with Gasteiger partial charge in [-0.15, -0.1) is 11.3 Å². The summed E-state index contributed by atoms with van der Waals surface area (Å²) < 4.78 is 0. The summed E-state index contributed by atoms with van der Waals surface area (Å²) in [5, 5.41) is 11.8. The molecule has 1 aromatic rings. The molecule has 1 amide bonds. The zero-order chi connectivity index (χ0) is 16.8. The molecule has 0 radical (unpaired) electrons. The van der Waals surface area contributed by atoms with Gasteiger partial charge in [-0.25, -0.2) is 4.98 Å². The van der Waals surface area contributed by atoms with Gasteiger partial charge in [0.05, 0.1) is 6.04 Å². The summed E-state index contributed by atoms with van der Waals surface area (Å²) in [4.78, 5) is 18.6. The fourth-order valence-electron chi connectivity index (χ4n) is 2.66. The number of allylic oxidation sites excluding steroid dienone is 2. The summed E-state index contributed by atoms with van der Waals surface area (Å²) in [6.45, 7) is 8.37. The second-order valence-electron chi connectivity index (χ2n) is 5.15.